The summed E-state index contributed by atoms with van der Waals surface area (Å²) < 4.78 is 41.5. The van der Waals surface area contributed by atoms with Gasteiger partial charge in [0.15, 0.2) is 0 Å². The van der Waals surface area contributed by atoms with Crippen molar-refractivity contribution in [3.63, 3.8) is 0 Å². The SMILES string of the molecule is C=CCCC1CCC(c2ccc(C(CC)OC(F)(F)F)cc2)CC1. The van der Waals surface area contributed by atoms with Gasteiger partial charge in [-0.25, -0.2) is 0 Å². The molecule has 1 nitrogen and oxygen atoms in total. The summed E-state index contributed by atoms with van der Waals surface area (Å²) >= 11 is 0. The lowest BCUT2D eigenvalue weighted by atomic mass is 9.77. The third-order valence-corrected chi connectivity index (χ3v) is 5.05. The van der Waals surface area contributed by atoms with Gasteiger partial charge in [-0.1, -0.05) is 37.3 Å². The number of rotatable bonds is 7. The lowest BCUT2D eigenvalue weighted by Crippen LogP contribution is -2.18. The molecule has 0 amide bonds. The van der Waals surface area contributed by atoms with E-state index in [0.29, 0.717) is 17.9 Å². The molecule has 24 heavy (non-hydrogen) atoms. The van der Waals surface area contributed by atoms with Gasteiger partial charge in [0.25, 0.3) is 0 Å². The Morgan fingerprint density at radius 1 is 1.17 bits per heavy atom. The minimum atomic E-state index is -4.59. The molecule has 1 aromatic rings. The molecule has 0 aromatic heterocycles. The summed E-state index contributed by atoms with van der Waals surface area (Å²) in [4.78, 5) is 0. The van der Waals surface area contributed by atoms with E-state index in [1.165, 1.54) is 24.8 Å². The van der Waals surface area contributed by atoms with Crippen LogP contribution in [-0.2, 0) is 4.74 Å². The number of benzene rings is 1. The summed E-state index contributed by atoms with van der Waals surface area (Å²) in [5, 5.41) is 0. The van der Waals surface area contributed by atoms with Crippen LogP contribution < -0.4 is 0 Å². The van der Waals surface area contributed by atoms with Crippen LogP contribution >= 0.6 is 0 Å². The molecule has 1 atom stereocenters. The van der Waals surface area contributed by atoms with E-state index >= 15 is 0 Å². The topological polar surface area (TPSA) is 9.23 Å². The van der Waals surface area contributed by atoms with E-state index in [1.54, 1.807) is 19.1 Å². The number of halogens is 3. The van der Waals surface area contributed by atoms with Crippen LogP contribution in [-0.4, -0.2) is 6.36 Å². The zero-order valence-corrected chi connectivity index (χ0v) is 14.3. The van der Waals surface area contributed by atoms with E-state index in [2.05, 4.69) is 11.3 Å². The molecular formula is C20H27F3O. The molecule has 1 saturated carbocycles. The summed E-state index contributed by atoms with van der Waals surface area (Å²) in [6, 6.07) is 7.54. The van der Waals surface area contributed by atoms with Crippen molar-refractivity contribution in [1.29, 1.82) is 0 Å². The molecular weight excluding hydrogens is 313 g/mol. The van der Waals surface area contributed by atoms with Crippen LogP contribution in [0.5, 0.6) is 0 Å². The molecule has 1 aliphatic carbocycles. The van der Waals surface area contributed by atoms with Gasteiger partial charge in [0, 0.05) is 0 Å². The number of alkyl halides is 3. The van der Waals surface area contributed by atoms with Gasteiger partial charge in [-0.2, -0.15) is 0 Å². The molecule has 0 radical (unpaired) electrons. The summed E-state index contributed by atoms with van der Waals surface area (Å²) in [7, 11) is 0. The first-order chi connectivity index (χ1) is 11.4. The molecule has 0 saturated heterocycles. The zero-order chi connectivity index (χ0) is 17.6. The first-order valence-electron chi connectivity index (χ1n) is 8.88. The second kappa shape index (κ2) is 8.70. The fourth-order valence-electron chi connectivity index (χ4n) is 3.67. The number of hydrogen-bond acceptors (Lipinski definition) is 1. The second-order valence-corrected chi connectivity index (χ2v) is 6.71. The molecule has 2 rings (SSSR count). The van der Waals surface area contributed by atoms with Gasteiger partial charge in [0.05, 0.1) is 6.10 Å². The summed E-state index contributed by atoms with van der Waals surface area (Å²) in [6.45, 7) is 5.48. The van der Waals surface area contributed by atoms with Gasteiger partial charge >= 0.3 is 6.36 Å². The second-order valence-electron chi connectivity index (χ2n) is 6.71. The Bertz CT molecular complexity index is 499. The van der Waals surface area contributed by atoms with Gasteiger partial charge in [-0.15, -0.1) is 19.8 Å². The maximum Gasteiger partial charge on any atom is 0.523 e. The van der Waals surface area contributed by atoms with Crippen molar-refractivity contribution in [3.05, 3.63) is 48.0 Å². The molecule has 0 bridgehead atoms. The number of ether oxygens (including phenoxy) is 1. The summed E-state index contributed by atoms with van der Waals surface area (Å²) in [6.07, 6.45) is 3.87. The van der Waals surface area contributed by atoms with Crippen molar-refractivity contribution in [2.75, 3.05) is 0 Å². The maximum atomic E-state index is 12.4. The van der Waals surface area contributed by atoms with Crippen LogP contribution in [0.2, 0.25) is 0 Å². The van der Waals surface area contributed by atoms with Crippen LogP contribution in [0.3, 0.4) is 0 Å². The van der Waals surface area contributed by atoms with Crippen molar-refractivity contribution in [1.82, 2.24) is 0 Å². The van der Waals surface area contributed by atoms with E-state index in [0.717, 1.165) is 25.2 Å². The van der Waals surface area contributed by atoms with Gasteiger partial charge in [-0.05, 0) is 67.9 Å². The smallest absolute Gasteiger partial charge is 0.284 e. The Kier molecular flexibility index (Phi) is 6.90. The van der Waals surface area contributed by atoms with Crippen molar-refractivity contribution in [2.45, 2.75) is 70.3 Å². The van der Waals surface area contributed by atoms with E-state index in [9.17, 15) is 13.2 Å². The van der Waals surface area contributed by atoms with Crippen LogP contribution in [0.25, 0.3) is 0 Å². The van der Waals surface area contributed by atoms with Gasteiger partial charge in [0.1, 0.15) is 0 Å². The zero-order valence-electron chi connectivity index (χ0n) is 14.3. The highest BCUT2D eigenvalue weighted by Crippen LogP contribution is 2.38. The van der Waals surface area contributed by atoms with Crippen LogP contribution in [0, 0.1) is 5.92 Å². The molecule has 0 spiro atoms. The quantitative estimate of drug-likeness (QED) is 0.490. The minimum Gasteiger partial charge on any atom is -0.284 e. The van der Waals surface area contributed by atoms with Gasteiger partial charge < -0.3 is 0 Å². The lowest BCUT2D eigenvalue weighted by Gasteiger charge is -2.29. The van der Waals surface area contributed by atoms with Crippen LogP contribution in [0.15, 0.2) is 36.9 Å². The Morgan fingerprint density at radius 2 is 1.79 bits per heavy atom. The predicted molar refractivity (Wildman–Crippen MR) is 90.7 cm³/mol. The number of hydrogen-bond donors (Lipinski definition) is 0. The molecule has 0 aliphatic heterocycles. The van der Waals surface area contributed by atoms with E-state index in [-0.39, 0.29) is 0 Å². The molecule has 0 N–H and O–H groups in total. The van der Waals surface area contributed by atoms with E-state index < -0.39 is 12.5 Å². The van der Waals surface area contributed by atoms with Crippen molar-refractivity contribution in [3.8, 4) is 0 Å². The standard InChI is InChI=1S/C20H27F3O/c1-3-5-6-15-7-9-16(10-8-15)17-11-13-18(14-12-17)19(4-2)24-20(21,22)23/h3,11-16,19H,1,4-10H2,2H3. The highest BCUT2D eigenvalue weighted by Gasteiger charge is 2.33. The molecule has 1 aliphatic rings. The predicted octanol–water partition coefficient (Wildman–Crippen LogP) is 6.91. The third kappa shape index (κ3) is 5.66. The Hall–Kier alpha value is -1.29. The van der Waals surface area contributed by atoms with Gasteiger partial charge in [0.2, 0.25) is 0 Å². The average Bonchev–Trinajstić information content (AvgIpc) is 2.58. The van der Waals surface area contributed by atoms with Crippen LogP contribution in [0.1, 0.15) is 75.0 Å². The minimum absolute atomic E-state index is 0.299. The molecule has 1 fully saturated rings. The highest BCUT2D eigenvalue weighted by atomic mass is 19.4. The van der Waals surface area contributed by atoms with E-state index in [1.807, 2.05) is 18.2 Å². The number of allylic oxidation sites excluding steroid dienone is 1. The molecule has 1 aromatic carbocycles. The first kappa shape index (κ1) is 19.0. The first-order valence-corrected chi connectivity index (χ1v) is 8.88. The fraction of sp³-hybridized carbons (Fsp3) is 0.600. The van der Waals surface area contributed by atoms with Gasteiger partial charge in [-0.3, -0.25) is 4.74 Å². The Labute approximate surface area is 142 Å². The molecule has 1 unspecified atom stereocenters. The van der Waals surface area contributed by atoms with Crippen LogP contribution in [0.4, 0.5) is 13.2 Å². The van der Waals surface area contributed by atoms with Crippen molar-refractivity contribution in [2.24, 2.45) is 5.92 Å². The maximum absolute atomic E-state index is 12.4. The summed E-state index contributed by atoms with van der Waals surface area (Å²) in [5.41, 5.74) is 1.83. The monoisotopic (exact) mass is 340 g/mol. The average molecular weight is 340 g/mol. The lowest BCUT2D eigenvalue weighted by molar-refractivity contribution is -0.345. The highest BCUT2D eigenvalue weighted by molar-refractivity contribution is 5.27. The summed E-state index contributed by atoms with van der Waals surface area (Å²) in [5.74, 6) is 1.32. The molecule has 0 heterocycles. The Morgan fingerprint density at radius 3 is 2.29 bits per heavy atom. The van der Waals surface area contributed by atoms with Crippen molar-refractivity contribution >= 4 is 0 Å². The fourth-order valence-corrected chi connectivity index (χ4v) is 3.67. The third-order valence-electron chi connectivity index (χ3n) is 5.05. The van der Waals surface area contributed by atoms with Crippen molar-refractivity contribution < 1.29 is 17.9 Å². The molecule has 134 valence electrons. The molecule has 4 heteroatoms. The largest absolute Gasteiger partial charge is 0.523 e. The van der Waals surface area contributed by atoms with E-state index in [4.69, 9.17) is 0 Å². The normalized spacial score (nSPS) is 23.0. The Balaban J connectivity index is 1.93.